The number of hydrogen-bond donors (Lipinski definition) is 0. The molecule has 0 heterocycles. The average molecular weight is 479 g/mol. The maximum absolute atomic E-state index is 11.8. The molecule has 0 rings (SSSR count). The highest BCUT2D eigenvalue weighted by molar-refractivity contribution is 5.82. The highest BCUT2D eigenvalue weighted by Crippen LogP contribution is 2.20. The number of esters is 5. The van der Waals surface area contributed by atoms with Gasteiger partial charge < -0.3 is 23.7 Å². The van der Waals surface area contributed by atoms with E-state index in [1.165, 1.54) is 4.90 Å². The van der Waals surface area contributed by atoms with Crippen molar-refractivity contribution in [3.05, 3.63) is 63.3 Å². The lowest BCUT2D eigenvalue weighted by atomic mass is 9.99. The summed E-state index contributed by atoms with van der Waals surface area (Å²) in [4.78, 5) is 59.8. The monoisotopic (exact) mass is 479 g/mol. The van der Waals surface area contributed by atoms with Crippen molar-refractivity contribution in [2.45, 2.75) is 5.54 Å². The largest absolute Gasteiger partial charge is 0.461 e. The van der Waals surface area contributed by atoms with Gasteiger partial charge in [0, 0.05) is 43.5 Å². The van der Waals surface area contributed by atoms with Crippen molar-refractivity contribution in [1.82, 2.24) is 4.90 Å². The summed E-state index contributed by atoms with van der Waals surface area (Å²) < 4.78 is 25.6. The summed E-state index contributed by atoms with van der Waals surface area (Å²) in [5, 5.41) is 0. The van der Waals surface area contributed by atoms with E-state index in [1.807, 2.05) is 0 Å². The van der Waals surface area contributed by atoms with E-state index in [0.29, 0.717) is 0 Å². The van der Waals surface area contributed by atoms with Gasteiger partial charge in [0.15, 0.2) is 0 Å². The molecule has 0 aromatic rings. The molecule has 0 saturated carbocycles. The van der Waals surface area contributed by atoms with E-state index in [4.69, 9.17) is 23.7 Å². The average Bonchev–Trinajstić information content (AvgIpc) is 2.86. The maximum Gasteiger partial charge on any atom is 0.330 e. The van der Waals surface area contributed by atoms with Gasteiger partial charge in [-0.15, -0.1) is 0 Å². The maximum atomic E-state index is 11.8. The Labute approximate surface area is 197 Å². The zero-order chi connectivity index (χ0) is 26.0. The summed E-state index contributed by atoms with van der Waals surface area (Å²) in [6.07, 6.45) is 4.68. The number of carbonyl (C=O) groups is 5. The van der Waals surface area contributed by atoms with Gasteiger partial charge in [-0.3, -0.25) is 4.90 Å². The summed E-state index contributed by atoms with van der Waals surface area (Å²) in [7, 11) is 0. The Morgan fingerprint density at radius 3 is 1.06 bits per heavy atom. The minimum atomic E-state index is -1.49. The fourth-order valence-electron chi connectivity index (χ4n) is 2.41. The summed E-state index contributed by atoms with van der Waals surface area (Å²) in [6, 6.07) is 0. The van der Waals surface area contributed by atoms with Crippen LogP contribution in [0, 0.1) is 0 Å². The molecule has 0 unspecified atom stereocenters. The SMILES string of the molecule is C=CC(=O)OCCN(CCOC(=O)C=C)C(COC(=O)C=C)(COC(=O)C=C)COC(=O)C=C. The van der Waals surface area contributed by atoms with Crippen LogP contribution in [0.5, 0.6) is 0 Å². The molecule has 34 heavy (non-hydrogen) atoms. The lowest BCUT2D eigenvalue weighted by molar-refractivity contribution is -0.161. The first kappa shape index (κ1) is 30.0. The molecule has 11 heteroatoms. The smallest absolute Gasteiger partial charge is 0.330 e. The van der Waals surface area contributed by atoms with Crippen molar-refractivity contribution >= 4 is 29.8 Å². The van der Waals surface area contributed by atoms with E-state index in [0.717, 1.165) is 30.4 Å². The van der Waals surface area contributed by atoms with Crippen molar-refractivity contribution in [2.75, 3.05) is 46.1 Å². The van der Waals surface area contributed by atoms with Crippen LogP contribution in [0.25, 0.3) is 0 Å². The summed E-state index contributed by atoms with van der Waals surface area (Å²) in [6.45, 7) is 14.8. The van der Waals surface area contributed by atoms with Gasteiger partial charge in [0.25, 0.3) is 0 Å². The first-order valence-corrected chi connectivity index (χ1v) is 9.89. The van der Waals surface area contributed by atoms with Gasteiger partial charge in [0.2, 0.25) is 0 Å². The van der Waals surface area contributed by atoms with E-state index >= 15 is 0 Å². The summed E-state index contributed by atoms with van der Waals surface area (Å²) in [5.41, 5.74) is -1.49. The molecule has 0 atom stereocenters. The van der Waals surface area contributed by atoms with Crippen LogP contribution >= 0.6 is 0 Å². The minimum Gasteiger partial charge on any atom is -0.461 e. The Balaban J connectivity index is 6.13. The van der Waals surface area contributed by atoms with Gasteiger partial charge >= 0.3 is 29.8 Å². The van der Waals surface area contributed by atoms with Crippen LogP contribution in [0.3, 0.4) is 0 Å². The van der Waals surface area contributed by atoms with Gasteiger partial charge in [-0.2, -0.15) is 0 Å². The lowest BCUT2D eigenvalue weighted by Gasteiger charge is -2.41. The van der Waals surface area contributed by atoms with Crippen LogP contribution in [0.15, 0.2) is 63.3 Å². The van der Waals surface area contributed by atoms with Crippen molar-refractivity contribution in [3.63, 3.8) is 0 Å². The molecule has 0 aromatic carbocycles. The predicted octanol–water partition coefficient (Wildman–Crippen LogP) is 0.673. The Hall–Kier alpha value is -3.99. The third-order valence-electron chi connectivity index (χ3n) is 4.16. The third kappa shape index (κ3) is 11.6. The molecule has 0 radical (unpaired) electrons. The van der Waals surface area contributed by atoms with Crippen LogP contribution in [0.1, 0.15) is 0 Å². The highest BCUT2D eigenvalue weighted by atomic mass is 16.6. The number of ether oxygens (including phenoxy) is 5. The van der Waals surface area contributed by atoms with Crippen LogP contribution in [-0.4, -0.2) is 86.4 Å². The molecule has 0 N–H and O–H groups in total. The molecule has 0 bridgehead atoms. The molecule has 0 fully saturated rings. The summed E-state index contributed by atoms with van der Waals surface area (Å²) in [5.74, 6) is -3.79. The second-order valence-corrected chi connectivity index (χ2v) is 6.39. The Morgan fingerprint density at radius 1 is 0.529 bits per heavy atom. The third-order valence-corrected chi connectivity index (χ3v) is 4.16. The molecule has 0 aromatic heterocycles. The first-order valence-electron chi connectivity index (χ1n) is 9.89. The van der Waals surface area contributed by atoms with E-state index < -0.39 is 55.2 Å². The second kappa shape index (κ2) is 16.6. The number of carbonyl (C=O) groups excluding carboxylic acids is 5. The normalized spacial score (nSPS) is 10.3. The van der Waals surface area contributed by atoms with E-state index in [1.54, 1.807) is 0 Å². The molecule has 0 aliphatic heterocycles. The lowest BCUT2D eigenvalue weighted by Crippen LogP contribution is -2.61. The van der Waals surface area contributed by atoms with Crippen molar-refractivity contribution in [2.24, 2.45) is 0 Å². The molecule has 0 amide bonds. The topological polar surface area (TPSA) is 135 Å². The molecule has 186 valence electrons. The standard InChI is InChI=1S/C23H29NO10/c1-6-18(25)30-13-11-24(12-14-31-19(26)7-2)23(15-32-20(27)8-3,16-33-21(28)9-4)17-34-22(29)10-5/h6-10H,1-5,11-17H2. The Kier molecular flexibility index (Phi) is 14.7. The van der Waals surface area contributed by atoms with Gasteiger partial charge in [-0.25, -0.2) is 24.0 Å². The number of nitrogens with zero attached hydrogens (tertiary/aromatic N) is 1. The molecule has 0 saturated heterocycles. The van der Waals surface area contributed by atoms with Crippen LogP contribution in [-0.2, 0) is 47.7 Å². The highest BCUT2D eigenvalue weighted by Gasteiger charge is 2.41. The molecule has 0 aliphatic carbocycles. The zero-order valence-electron chi connectivity index (χ0n) is 18.9. The quantitative estimate of drug-likeness (QED) is 0.156. The van der Waals surface area contributed by atoms with E-state index in [9.17, 15) is 24.0 Å². The fraction of sp³-hybridized carbons (Fsp3) is 0.348. The van der Waals surface area contributed by atoms with Gasteiger partial charge in [0.1, 0.15) is 38.6 Å². The Morgan fingerprint density at radius 2 is 0.794 bits per heavy atom. The van der Waals surface area contributed by atoms with Gasteiger partial charge in [-0.05, 0) is 0 Å². The number of rotatable bonds is 18. The molecule has 0 spiro atoms. The second-order valence-electron chi connectivity index (χ2n) is 6.39. The first-order chi connectivity index (χ1) is 16.2. The molecule has 0 aliphatic rings. The Bertz CT molecular complexity index is 716. The summed E-state index contributed by atoms with van der Waals surface area (Å²) >= 11 is 0. The van der Waals surface area contributed by atoms with Crippen molar-refractivity contribution in [3.8, 4) is 0 Å². The van der Waals surface area contributed by atoms with Crippen molar-refractivity contribution < 1.29 is 47.7 Å². The molecule has 11 nitrogen and oxygen atoms in total. The van der Waals surface area contributed by atoms with E-state index in [2.05, 4.69) is 32.9 Å². The fourth-order valence-corrected chi connectivity index (χ4v) is 2.41. The molecular formula is C23H29NO10. The van der Waals surface area contributed by atoms with Crippen molar-refractivity contribution in [1.29, 1.82) is 0 Å². The van der Waals surface area contributed by atoms with Gasteiger partial charge in [-0.1, -0.05) is 32.9 Å². The van der Waals surface area contributed by atoms with Crippen LogP contribution in [0.4, 0.5) is 0 Å². The van der Waals surface area contributed by atoms with Gasteiger partial charge in [0.05, 0.1) is 0 Å². The number of hydrogen-bond acceptors (Lipinski definition) is 11. The predicted molar refractivity (Wildman–Crippen MR) is 120 cm³/mol. The molecular weight excluding hydrogens is 450 g/mol. The zero-order valence-corrected chi connectivity index (χ0v) is 18.9. The van der Waals surface area contributed by atoms with Crippen LogP contribution in [0.2, 0.25) is 0 Å². The van der Waals surface area contributed by atoms with E-state index in [-0.39, 0.29) is 26.3 Å². The minimum absolute atomic E-state index is 0.0336. The van der Waals surface area contributed by atoms with Crippen LogP contribution < -0.4 is 0 Å².